The minimum absolute atomic E-state index is 0.0646. The van der Waals surface area contributed by atoms with Gasteiger partial charge in [-0.1, -0.05) is 24.3 Å². The van der Waals surface area contributed by atoms with Gasteiger partial charge in [-0.3, -0.25) is 4.79 Å². The monoisotopic (exact) mass is 206 g/mol. The fourth-order valence-electron chi connectivity index (χ4n) is 1.44. The van der Waals surface area contributed by atoms with Crippen LogP contribution < -0.4 is 0 Å². The fraction of sp³-hybridized carbons (Fsp3) is 0.250. The molecule has 0 saturated heterocycles. The molecule has 0 bridgehead atoms. The Morgan fingerprint density at radius 1 is 1.40 bits per heavy atom. The van der Waals surface area contributed by atoms with Crippen molar-refractivity contribution in [2.24, 2.45) is 0 Å². The molecule has 0 heterocycles. The van der Waals surface area contributed by atoms with Gasteiger partial charge in [-0.2, -0.15) is 0 Å². The van der Waals surface area contributed by atoms with E-state index in [2.05, 4.69) is 0 Å². The SMILES string of the molecule is C/C=C/[C@H](CC(=O)O)c1ccc(O)cc1. The Kier molecular flexibility index (Phi) is 3.92. The molecule has 0 fully saturated rings. The lowest BCUT2D eigenvalue weighted by Crippen LogP contribution is -2.03. The van der Waals surface area contributed by atoms with Gasteiger partial charge >= 0.3 is 5.97 Å². The summed E-state index contributed by atoms with van der Waals surface area (Å²) in [5.41, 5.74) is 0.897. The van der Waals surface area contributed by atoms with E-state index in [0.29, 0.717) is 0 Å². The van der Waals surface area contributed by atoms with Crippen LogP contribution >= 0.6 is 0 Å². The quantitative estimate of drug-likeness (QED) is 0.744. The highest BCUT2D eigenvalue weighted by molar-refractivity contribution is 5.68. The number of allylic oxidation sites excluding steroid dienone is 2. The summed E-state index contributed by atoms with van der Waals surface area (Å²) in [5, 5.41) is 17.9. The molecule has 2 N–H and O–H groups in total. The molecule has 1 aromatic rings. The Hall–Kier alpha value is -1.77. The van der Waals surface area contributed by atoms with Crippen LogP contribution in [0.3, 0.4) is 0 Å². The lowest BCUT2D eigenvalue weighted by Gasteiger charge is -2.10. The van der Waals surface area contributed by atoms with Crippen molar-refractivity contribution < 1.29 is 15.0 Å². The first kappa shape index (κ1) is 11.3. The molecule has 1 rings (SSSR count). The summed E-state index contributed by atoms with van der Waals surface area (Å²) in [6, 6.07) is 6.60. The van der Waals surface area contributed by atoms with E-state index in [4.69, 9.17) is 10.2 Å². The molecule has 0 aliphatic rings. The average molecular weight is 206 g/mol. The second-order valence-electron chi connectivity index (χ2n) is 3.32. The summed E-state index contributed by atoms with van der Waals surface area (Å²) >= 11 is 0. The summed E-state index contributed by atoms with van der Waals surface area (Å²) in [4.78, 5) is 10.6. The largest absolute Gasteiger partial charge is 0.508 e. The Morgan fingerprint density at radius 2 is 2.00 bits per heavy atom. The Morgan fingerprint density at radius 3 is 2.47 bits per heavy atom. The number of carbonyl (C=O) groups is 1. The van der Waals surface area contributed by atoms with Crippen LogP contribution in [0.1, 0.15) is 24.8 Å². The molecule has 0 radical (unpaired) electrons. The summed E-state index contributed by atoms with van der Waals surface area (Å²) in [5.74, 6) is -0.771. The van der Waals surface area contributed by atoms with Crippen LogP contribution in [0.5, 0.6) is 5.75 Å². The van der Waals surface area contributed by atoms with Gasteiger partial charge < -0.3 is 10.2 Å². The number of carboxylic acids is 1. The van der Waals surface area contributed by atoms with Crippen molar-refractivity contribution in [3.05, 3.63) is 42.0 Å². The number of hydrogen-bond acceptors (Lipinski definition) is 2. The molecule has 0 amide bonds. The zero-order chi connectivity index (χ0) is 11.3. The molecule has 3 heteroatoms. The van der Waals surface area contributed by atoms with Crippen molar-refractivity contribution in [1.29, 1.82) is 0 Å². The standard InChI is InChI=1S/C12H14O3/c1-2-3-10(8-12(14)15)9-4-6-11(13)7-5-9/h2-7,10,13H,8H2,1H3,(H,14,15)/b3-2+/t10-/m1/s1. The van der Waals surface area contributed by atoms with Crippen LogP contribution in [0.25, 0.3) is 0 Å². The molecule has 1 aromatic carbocycles. The Labute approximate surface area is 88.7 Å². The maximum atomic E-state index is 10.6. The lowest BCUT2D eigenvalue weighted by atomic mass is 9.95. The number of hydrogen-bond donors (Lipinski definition) is 2. The van der Waals surface area contributed by atoms with Gasteiger partial charge in [0.05, 0.1) is 6.42 Å². The van der Waals surface area contributed by atoms with Gasteiger partial charge in [0.25, 0.3) is 0 Å². The first-order valence-electron chi connectivity index (χ1n) is 4.77. The average Bonchev–Trinajstić information content (AvgIpc) is 2.17. The highest BCUT2D eigenvalue weighted by Gasteiger charge is 2.11. The predicted molar refractivity (Wildman–Crippen MR) is 57.9 cm³/mol. The first-order valence-corrected chi connectivity index (χ1v) is 4.77. The van der Waals surface area contributed by atoms with Crippen molar-refractivity contribution in [2.45, 2.75) is 19.3 Å². The smallest absolute Gasteiger partial charge is 0.304 e. The van der Waals surface area contributed by atoms with Crippen LogP contribution in [0.4, 0.5) is 0 Å². The topological polar surface area (TPSA) is 57.5 Å². The molecular weight excluding hydrogens is 192 g/mol. The second kappa shape index (κ2) is 5.20. The van der Waals surface area contributed by atoms with E-state index in [0.717, 1.165) is 5.56 Å². The molecule has 80 valence electrons. The molecule has 0 aliphatic heterocycles. The van der Waals surface area contributed by atoms with E-state index in [1.165, 1.54) is 0 Å². The van der Waals surface area contributed by atoms with Gasteiger partial charge in [0.15, 0.2) is 0 Å². The number of benzene rings is 1. The van der Waals surface area contributed by atoms with E-state index >= 15 is 0 Å². The first-order chi connectivity index (χ1) is 7.13. The van der Waals surface area contributed by atoms with Crippen LogP contribution in [-0.4, -0.2) is 16.2 Å². The normalized spacial score (nSPS) is 12.9. The van der Waals surface area contributed by atoms with Crippen LogP contribution in [0.2, 0.25) is 0 Å². The summed E-state index contributed by atoms with van der Waals surface area (Å²) in [6.45, 7) is 1.86. The van der Waals surface area contributed by atoms with E-state index in [1.54, 1.807) is 24.3 Å². The molecule has 0 unspecified atom stereocenters. The fourth-order valence-corrected chi connectivity index (χ4v) is 1.44. The van der Waals surface area contributed by atoms with Crippen molar-refractivity contribution in [3.8, 4) is 5.75 Å². The van der Waals surface area contributed by atoms with Crippen LogP contribution in [0, 0.1) is 0 Å². The molecule has 3 nitrogen and oxygen atoms in total. The van der Waals surface area contributed by atoms with Gasteiger partial charge in [0.2, 0.25) is 0 Å². The van der Waals surface area contributed by atoms with Crippen molar-refractivity contribution in [2.75, 3.05) is 0 Å². The minimum atomic E-state index is -0.828. The molecule has 1 atom stereocenters. The number of rotatable bonds is 4. The Balaban J connectivity index is 2.88. The van der Waals surface area contributed by atoms with E-state index < -0.39 is 5.97 Å². The third-order valence-electron chi connectivity index (χ3n) is 2.14. The van der Waals surface area contributed by atoms with Gasteiger partial charge in [0.1, 0.15) is 5.75 Å². The van der Waals surface area contributed by atoms with E-state index in [-0.39, 0.29) is 18.1 Å². The molecule has 0 saturated carbocycles. The van der Waals surface area contributed by atoms with Gasteiger partial charge in [-0.25, -0.2) is 0 Å². The molecule has 0 spiro atoms. The number of aliphatic carboxylic acids is 1. The maximum Gasteiger partial charge on any atom is 0.304 e. The van der Waals surface area contributed by atoms with Gasteiger partial charge in [0, 0.05) is 5.92 Å². The zero-order valence-electron chi connectivity index (χ0n) is 8.55. The zero-order valence-corrected chi connectivity index (χ0v) is 8.55. The van der Waals surface area contributed by atoms with E-state index in [9.17, 15) is 4.79 Å². The molecule has 0 aromatic heterocycles. The van der Waals surface area contributed by atoms with Crippen molar-refractivity contribution >= 4 is 5.97 Å². The summed E-state index contributed by atoms with van der Waals surface area (Å²) in [6.07, 6.45) is 3.75. The lowest BCUT2D eigenvalue weighted by molar-refractivity contribution is -0.137. The minimum Gasteiger partial charge on any atom is -0.508 e. The maximum absolute atomic E-state index is 10.6. The molecule has 15 heavy (non-hydrogen) atoms. The summed E-state index contributed by atoms with van der Waals surface area (Å²) < 4.78 is 0. The number of aromatic hydroxyl groups is 1. The highest BCUT2D eigenvalue weighted by atomic mass is 16.4. The van der Waals surface area contributed by atoms with Crippen LogP contribution in [-0.2, 0) is 4.79 Å². The number of carboxylic acid groups (broad SMARTS) is 1. The molecule has 0 aliphatic carbocycles. The highest BCUT2D eigenvalue weighted by Crippen LogP contribution is 2.23. The third kappa shape index (κ3) is 3.46. The van der Waals surface area contributed by atoms with E-state index in [1.807, 2.05) is 19.1 Å². The van der Waals surface area contributed by atoms with Crippen LogP contribution in [0.15, 0.2) is 36.4 Å². The third-order valence-corrected chi connectivity index (χ3v) is 2.14. The number of phenols is 1. The predicted octanol–water partition coefficient (Wildman–Crippen LogP) is 2.53. The molecular formula is C12H14O3. The Bertz CT molecular complexity index is 352. The number of phenolic OH excluding ortho intramolecular Hbond substituents is 1. The van der Waals surface area contributed by atoms with Crippen molar-refractivity contribution in [1.82, 2.24) is 0 Å². The van der Waals surface area contributed by atoms with Gasteiger partial charge in [-0.15, -0.1) is 0 Å². The van der Waals surface area contributed by atoms with Gasteiger partial charge in [-0.05, 0) is 24.6 Å². The second-order valence-corrected chi connectivity index (χ2v) is 3.32. The van der Waals surface area contributed by atoms with Crippen molar-refractivity contribution in [3.63, 3.8) is 0 Å². The summed E-state index contributed by atoms with van der Waals surface area (Å²) in [7, 11) is 0.